The van der Waals surface area contributed by atoms with E-state index in [-0.39, 0.29) is 23.8 Å². The Kier molecular flexibility index (Phi) is 5.00. The van der Waals surface area contributed by atoms with Crippen molar-refractivity contribution in [3.8, 4) is 0 Å². The number of carbonyl (C=O) groups is 1. The largest absolute Gasteiger partial charge is 0.381 e. The van der Waals surface area contributed by atoms with E-state index in [0.29, 0.717) is 11.3 Å². The number of hydrogen-bond donors (Lipinski definition) is 4. The summed E-state index contributed by atoms with van der Waals surface area (Å²) < 4.78 is 13.1. The molecule has 1 aliphatic rings. The molecule has 1 aromatic carbocycles. The number of aromatic amines is 1. The summed E-state index contributed by atoms with van der Waals surface area (Å²) in [6.45, 7) is 1.96. The number of rotatable bonds is 4. The molecule has 0 bridgehead atoms. The monoisotopic (exact) mass is 381 g/mol. The van der Waals surface area contributed by atoms with Crippen molar-refractivity contribution in [3.05, 3.63) is 53.6 Å². The second kappa shape index (κ2) is 7.59. The SMILES string of the molecule is Cc1cc2c(NC3CCC(N)CC3)c(C(=O)Nc3ccc(F)cc3)cnc2[nH]1. The maximum Gasteiger partial charge on any atom is 0.259 e. The first kappa shape index (κ1) is 18.4. The molecule has 0 spiro atoms. The van der Waals surface area contributed by atoms with Crippen molar-refractivity contribution in [2.45, 2.75) is 44.7 Å². The van der Waals surface area contributed by atoms with Crippen LogP contribution in [-0.4, -0.2) is 28.0 Å². The number of fused-ring (bicyclic) bond motifs is 1. The van der Waals surface area contributed by atoms with Gasteiger partial charge in [-0.3, -0.25) is 4.79 Å². The van der Waals surface area contributed by atoms with Gasteiger partial charge < -0.3 is 21.4 Å². The zero-order valence-electron chi connectivity index (χ0n) is 15.8. The first-order valence-corrected chi connectivity index (χ1v) is 9.57. The molecule has 1 fully saturated rings. The first-order chi connectivity index (χ1) is 13.5. The van der Waals surface area contributed by atoms with Crippen LogP contribution in [0.2, 0.25) is 0 Å². The van der Waals surface area contributed by atoms with Crippen LogP contribution in [-0.2, 0) is 0 Å². The zero-order chi connectivity index (χ0) is 19.7. The standard InChI is InChI=1S/C21H24FN5O/c1-12-10-17-19(26-15-8-4-14(23)5-9-15)18(11-24-20(17)25-12)21(28)27-16-6-2-13(22)3-7-16/h2-3,6-7,10-11,14-15H,4-5,8-9,23H2,1H3,(H,27,28)(H2,24,25,26). The highest BCUT2D eigenvalue weighted by atomic mass is 19.1. The number of H-pyrrole nitrogens is 1. The number of halogens is 1. The van der Waals surface area contributed by atoms with Crippen LogP contribution in [0.3, 0.4) is 0 Å². The highest BCUT2D eigenvalue weighted by molar-refractivity contribution is 6.12. The molecule has 2 heterocycles. The quantitative estimate of drug-likeness (QED) is 0.550. The second-order valence-electron chi connectivity index (χ2n) is 7.48. The van der Waals surface area contributed by atoms with Crippen molar-refractivity contribution in [1.29, 1.82) is 0 Å². The van der Waals surface area contributed by atoms with Gasteiger partial charge in [0.05, 0.1) is 11.3 Å². The number of pyridine rings is 1. The number of benzene rings is 1. The molecule has 3 aromatic rings. The summed E-state index contributed by atoms with van der Waals surface area (Å²) >= 11 is 0. The maximum atomic E-state index is 13.1. The van der Waals surface area contributed by atoms with Gasteiger partial charge in [0.15, 0.2) is 0 Å². The molecule has 0 radical (unpaired) electrons. The van der Waals surface area contributed by atoms with Crippen molar-refractivity contribution >= 4 is 28.3 Å². The molecule has 4 rings (SSSR count). The number of anilines is 2. The van der Waals surface area contributed by atoms with Gasteiger partial charge in [0.2, 0.25) is 0 Å². The van der Waals surface area contributed by atoms with Crippen molar-refractivity contribution in [3.63, 3.8) is 0 Å². The van der Waals surface area contributed by atoms with Gasteiger partial charge in [-0.1, -0.05) is 0 Å². The lowest BCUT2D eigenvalue weighted by molar-refractivity contribution is 0.102. The Morgan fingerprint density at radius 1 is 1.21 bits per heavy atom. The number of carbonyl (C=O) groups excluding carboxylic acids is 1. The van der Waals surface area contributed by atoms with Gasteiger partial charge in [0.1, 0.15) is 11.5 Å². The minimum atomic E-state index is -0.346. The Morgan fingerprint density at radius 3 is 2.64 bits per heavy atom. The summed E-state index contributed by atoms with van der Waals surface area (Å²) in [7, 11) is 0. The molecular weight excluding hydrogens is 357 g/mol. The lowest BCUT2D eigenvalue weighted by Gasteiger charge is -2.28. The lowest BCUT2D eigenvalue weighted by Crippen LogP contribution is -2.33. The van der Waals surface area contributed by atoms with E-state index in [9.17, 15) is 9.18 Å². The number of hydrogen-bond acceptors (Lipinski definition) is 4. The number of amides is 1. The van der Waals surface area contributed by atoms with Crippen LogP contribution in [0.15, 0.2) is 36.5 Å². The maximum absolute atomic E-state index is 13.1. The number of nitrogens with two attached hydrogens (primary N) is 1. The van der Waals surface area contributed by atoms with Crippen LogP contribution in [0, 0.1) is 12.7 Å². The van der Waals surface area contributed by atoms with Gasteiger partial charge >= 0.3 is 0 Å². The van der Waals surface area contributed by atoms with Gasteiger partial charge in [-0.2, -0.15) is 0 Å². The molecule has 0 unspecified atom stereocenters. The summed E-state index contributed by atoms with van der Waals surface area (Å²) in [6.07, 6.45) is 5.44. The van der Waals surface area contributed by atoms with Crippen LogP contribution in [0.4, 0.5) is 15.8 Å². The molecule has 2 aromatic heterocycles. The fourth-order valence-electron chi connectivity index (χ4n) is 3.73. The Balaban J connectivity index is 1.66. The van der Waals surface area contributed by atoms with Crippen molar-refractivity contribution in [2.24, 2.45) is 5.73 Å². The molecule has 1 amide bonds. The highest BCUT2D eigenvalue weighted by Crippen LogP contribution is 2.30. The third-order valence-corrected chi connectivity index (χ3v) is 5.26. The average Bonchev–Trinajstić information content (AvgIpc) is 3.06. The van der Waals surface area contributed by atoms with Crippen LogP contribution in [0.25, 0.3) is 11.0 Å². The van der Waals surface area contributed by atoms with E-state index in [1.165, 1.54) is 24.3 Å². The molecule has 0 atom stereocenters. The average molecular weight is 381 g/mol. The highest BCUT2D eigenvalue weighted by Gasteiger charge is 2.23. The Morgan fingerprint density at radius 2 is 1.93 bits per heavy atom. The summed E-state index contributed by atoms with van der Waals surface area (Å²) in [6, 6.07) is 8.22. The van der Waals surface area contributed by atoms with Crippen LogP contribution >= 0.6 is 0 Å². The molecule has 28 heavy (non-hydrogen) atoms. The Bertz CT molecular complexity index is 990. The van der Waals surface area contributed by atoms with E-state index < -0.39 is 0 Å². The predicted octanol–water partition coefficient (Wildman–Crippen LogP) is 3.94. The van der Waals surface area contributed by atoms with E-state index in [1.54, 1.807) is 6.20 Å². The topological polar surface area (TPSA) is 95.8 Å². The van der Waals surface area contributed by atoms with E-state index in [4.69, 9.17) is 5.73 Å². The van der Waals surface area contributed by atoms with Crippen LogP contribution in [0.1, 0.15) is 41.7 Å². The number of aromatic nitrogens is 2. The van der Waals surface area contributed by atoms with Gasteiger partial charge in [-0.25, -0.2) is 9.37 Å². The molecule has 7 heteroatoms. The van der Waals surface area contributed by atoms with E-state index >= 15 is 0 Å². The summed E-state index contributed by atoms with van der Waals surface area (Å²) in [5.74, 6) is -0.628. The summed E-state index contributed by atoms with van der Waals surface area (Å²) in [5, 5.41) is 7.28. The lowest BCUT2D eigenvalue weighted by atomic mass is 9.91. The van der Waals surface area contributed by atoms with Gasteiger partial charge in [0.25, 0.3) is 5.91 Å². The van der Waals surface area contributed by atoms with Crippen molar-refractivity contribution < 1.29 is 9.18 Å². The zero-order valence-corrected chi connectivity index (χ0v) is 15.8. The molecule has 0 aliphatic heterocycles. The molecule has 146 valence electrons. The number of nitrogens with one attached hydrogen (secondary N) is 3. The van der Waals surface area contributed by atoms with Gasteiger partial charge in [-0.05, 0) is 62.9 Å². The van der Waals surface area contributed by atoms with Gasteiger partial charge in [0, 0.05) is 35.0 Å². The Labute approximate surface area is 162 Å². The van der Waals surface area contributed by atoms with Gasteiger partial charge in [-0.15, -0.1) is 0 Å². The summed E-state index contributed by atoms with van der Waals surface area (Å²) in [4.78, 5) is 20.6. The first-order valence-electron chi connectivity index (χ1n) is 9.57. The van der Waals surface area contributed by atoms with E-state index in [1.807, 2.05) is 13.0 Å². The molecule has 0 saturated heterocycles. The normalized spacial score (nSPS) is 19.5. The third-order valence-electron chi connectivity index (χ3n) is 5.26. The third kappa shape index (κ3) is 3.84. The minimum Gasteiger partial charge on any atom is -0.381 e. The van der Waals surface area contributed by atoms with Crippen molar-refractivity contribution in [2.75, 3.05) is 10.6 Å². The minimum absolute atomic E-state index is 0.256. The van der Waals surface area contributed by atoms with E-state index in [0.717, 1.165) is 48.1 Å². The Hall–Kier alpha value is -2.93. The predicted molar refractivity (Wildman–Crippen MR) is 109 cm³/mol. The summed E-state index contributed by atoms with van der Waals surface area (Å²) in [5.41, 5.74) is 9.52. The fraction of sp³-hybridized carbons (Fsp3) is 0.333. The fourth-order valence-corrected chi connectivity index (χ4v) is 3.73. The molecule has 1 saturated carbocycles. The second-order valence-corrected chi connectivity index (χ2v) is 7.48. The number of aryl methyl sites for hydroxylation is 1. The molecule has 5 N–H and O–H groups in total. The number of nitrogens with zero attached hydrogens (tertiary/aromatic N) is 1. The van der Waals surface area contributed by atoms with E-state index in [2.05, 4.69) is 20.6 Å². The van der Waals surface area contributed by atoms with Crippen molar-refractivity contribution in [1.82, 2.24) is 9.97 Å². The smallest absolute Gasteiger partial charge is 0.259 e. The molecule has 1 aliphatic carbocycles. The van der Waals surface area contributed by atoms with Crippen LogP contribution < -0.4 is 16.4 Å². The van der Waals surface area contributed by atoms with Crippen LogP contribution in [0.5, 0.6) is 0 Å². The molecular formula is C21H24FN5O. The molecule has 6 nitrogen and oxygen atoms in total.